The van der Waals surface area contributed by atoms with Crippen molar-refractivity contribution in [2.24, 2.45) is 5.92 Å². The number of carbonyl (C=O) groups is 1. The minimum Gasteiger partial charge on any atom is -0.353 e. The van der Waals surface area contributed by atoms with Crippen molar-refractivity contribution in [1.29, 1.82) is 0 Å². The van der Waals surface area contributed by atoms with Gasteiger partial charge in [-0.05, 0) is 25.8 Å². The topological polar surface area (TPSA) is 90.7 Å². The average Bonchev–Trinajstić information content (AvgIpc) is 3.12. The second-order valence-electron chi connectivity index (χ2n) is 7.81. The van der Waals surface area contributed by atoms with Gasteiger partial charge in [0.25, 0.3) is 5.91 Å². The molecule has 1 saturated carbocycles. The van der Waals surface area contributed by atoms with Gasteiger partial charge in [0, 0.05) is 31.4 Å². The summed E-state index contributed by atoms with van der Waals surface area (Å²) < 4.78 is 0. The molecule has 27 heavy (non-hydrogen) atoms. The molecule has 8 heteroatoms. The highest BCUT2D eigenvalue weighted by Gasteiger charge is 2.74. The molecular formula is C19H19N7O. The van der Waals surface area contributed by atoms with Crippen molar-refractivity contribution in [3.8, 4) is 0 Å². The second-order valence-corrected chi connectivity index (χ2v) is 7.81. The van der Waals surface area contributed by atoms with Crippen LogP contribution in [-0.4, -0.2) is 60.4 Å². The fourth-order valence-corrected chi connectivity index (χ4v) is 5.15. The third-order valence-electron chi connectivity index (χ3n) is 6.53. The average molecular weight is 361 g/mol. The number of anilines is 1. The van der Waals surface area contributed by atoms with Gasteiger partial charge in [0.2, 0.25) is 0 Å². The van der Waals surface area contributed by atoms with Gasteiger partial charge in [-0.1, -0.05) is 0 Å². The standard InChI is InChI=1S/C19H19N7O/c1-11-6-20-7-14(24-11)18(27)26-15-9-25(8-12-2-4-19(12,15)26)17-13-3-5-21-16(13)22-10-23-17/h3,5-7,10,12,15H,2,4,8-9H2,1H3,(H,21,22,23). The molecule has 3 aromatic rings. The van der Waals surface area contributed by atoms with Crippen molar-refractivity contribution in [3.05, 3.63) is 42.4 Å². The van der Waals surface area contributed by atoms with Crippen LogP contribution in [0.2, 0.25) is 0 Å². The van der Waals surface area contributed by atoms with E-state index < -0.39 is 0 Å². The van der Waals surface area contributed by atoms with E-state index in [9.17, 15) is 4.79 Å². The van der Waals surface area contributed by atoms with Gasteiger partial charge in [-0.15, -0.1) is 0 Å². The van der Waals surface area contributed by atoms with Crippen molar-refractivity contribution in [2.75, 3.05) is 18.0 Å². The highest BCUT2D eigenvalue weighted by atomic mass is 16.2. The van der Waals surface area contributed by atoms with Crippen LogP contribution in [0.15, 0.2) is 31.0 Å². The molecule has 1 N–H and O–H groups in total. The lowest BCUT2D eigenvalue weighted by Gasteiger charge is -2.44. The van der Waals surface area contributed by atoms with E-state index in [4.69, 9.17) is 0 Å². The van der Waals surface area contributed by atoms with Crippen molar-refractivity contribution in [2.45, 2.75) is 31.3 Å². The van der Waals surface area contributed by atoms with Crippen LogP contribution in [0.1, 0.15) is 29.0 Å². The van der Waals surface area contributed by atoms with Crippen LogP contribution in [0.25, 0.3) is 11.0 Å². The van der Waals surface area contributed by atoms with Crippen LogP contribution in [-0.2, 0) is 0 Å². The number of nitrogens with one attached hydrogen (secondary N) is 1. The number of aryl methyl sites for hydroxylation is 1. The van der Waals surface area contributed by atoms with Crippen LogP contribution < -0.4 is 4.90 Å². The lowest BCUT2D eigenvalue weighted by molar-refractivity contribution is 0.0764. The molecule has 1 aliphatic carbocycles. The highest BCUT2D eigenvalue weighted by Crippen LogP contribution is 2.62. The van der Waals surface area contributed by atoms with Gasteiger partial charge < -0.3 is 14.8 Å². The smallest absolute Gasteiger partial charge is 0.275 e. The zero-order valence-corrected chi connectivity index (χ0v) is 15.0. The number of aromatic nitrogens is 5. The molecule has 5 heterocycles. The summed E-state index contributed by atoms with van der Waals surface area (Å²) in [5.74, 6) is 1.45. The number of hydrogen-bond donors (Lipinski definition) is 1. The first-order valence-electron chi connectivity index (χ1n) is 9.34. The molecule has 8 nitrogen and oxygen atoms in total. The van der Waals surface area contributed by atoms with Gasteiger partial charge in [0.1, 0.15) is 23.5 Å². The summed E-state index contributed by atoms with van der Waals surface area (Å²) >= 11 is 0. The number of H-pyrrole nitrogens is 1. The van der Waals surface area contributed by atoms with Gasteiger partial charge >= 0.3 is 0 Å². The molecule has 2 aliphatic heterocycles. The van der Waals surface area contributed by atoms with E-state index in [-0.39, 0.29) is 17.5 Å². The van der Waals surface area contributed by atoms with Crippen LogP contribution >= 0.6 is 0 Å². The van der Waals surface area contributed by atoms with E-state index in [1.165, 1.54) is 0 Å². The molecular weight excluding hydrogens is 342 g/mol. The zero-order valence-electron chi connectivity index (χ0n) is 15.0. The van der Waals surface area contributed by atoms with E-state index in [2.05, 4.69) is 34.7 Å². The molecule has 1 spiro atoms. The number of fused-ring (bicyclic) bond motifs is 1. The Labute approximate surface area is 155 Å². The molecule has 6 rings (SSSR count). The monoisotopic (exact) mass is 361 g/mol. The van der Waals surface area contributed by atoms with Gasteiger partial charge in [0.05, 0.1) is 28.9 Å². The summed E-state index contributed by atoms with van der Waals surface area (Å²) in [5.41, 5.74) is 2.10. The summed E-state index contributed by atoms with van der Waals surface area (Å²) in [7, 11) is 0. The fraction of sp³-hybridized carbons (Fsp3) is 0.421. The predicted molar refractivity (Wildman–Crippen MR) is 98.3 cm³/mol. The molecule has 0 radical (unpaired) electrons. The maximum atomic E-state index is 13.1. The van der Waals surface area contributed by atoms with Crippen molar-refractivity contribution < 1.29 is 4.79 Å². The summed E-state index contributed by atoms with van der Waals surface area (Å²) in [4.78, 5) is 38.0. The van der Waals surface area contributed by atoms with Gasteiger partial charge in [-0.2, -0.15) is 0 Å². The molecule has 3 aliphatic rings. The summed E-state index contributed by atoms with van der Waals surface area (Å²) in [6.45, 7) is 3.60. The Morgan fingerprint density at radius 1 is 1.30 bits per heavy atom. The van der Waals surface area contributed by atoms with Crippen molar-refractivity contribution >= 4 is 22.8 Å². The Balaban J connectivity index is 1.33. The van der Waals surface area contributed by atoms with E-state index in [1.54, 1.807) is 18.7 Å². The number of rotatable bonds is 2. The van der Waals surface area contributed by atoms with Crippen LogP contribution in [0.4, 0.5) is 5.82 Å². The normalized spacial score (nSPS) is 28.5. The largest absolute Gasteiger partial charge is 0.353 e. The summed E-state index contributed by atoms with van der Waals surface area (Å²) in [6.07, 6.45) is 8.99. The van der Waals surface area contributed by atoms with Gasteiger partial charge in [-0.25, -0.2) is 15.0 Å². The number of aromatic amines is 1. The minimum absolute atomic E-state index is 0.0113. The van der Waals surface area contributed by atoms with E-state index in [0.29, 0.717) is 11.6 Å². The van der Waals surface area contributed by atoms with Crippen LogP contribution in [0.5, 0.6) is 0 Å². The third-order valence-corrected chi connectivity index (χ3v) is 6.53. The van der Waals surface area contributed by atoms with E-state index in [1.807, 2.05) is 19.2 Å². The quantitative estimate of drug-likeness (QED) is 0.697. The SMILES string of the molecule is Cc1cncc(C(=O)N2C3CN(c4ncnc5[nH]ccc45)CC4CCC432)n1. The molecule has 136 valence electrons. The molecule has 0 aromatic carbocycles. The maximum Gasteiger partial charge on any atom is 0.275 e. The summed E-state index contributed by atoms with van der Waals surface area (Å²) in [5, 5.41) is 1.03. The zero-order chi connectivity index (χ0) is 18.2. The Hall–Kier alpha value is -3.03. The molecule has 3 atom stereocenters. The Morgan fingerprint density at radius 3 is 3.04 bits per heavy atom. The summed E-state index contributed by atoms with van der Waals surface area (Å²) in [6, 6.07) is 2.25. The van der Waals surface area contributed by atoms with E-state index >= 15 is 0 Å². The number of amides is 1. The van der Waals surface area contributed by atoms with Gasteiger partial charge in [0.15, 0.2) is 0 Å². The first kappa shape index (κ1) is 15.1. The fourth-order valence-electron chi connectivity index (χ4n) is 5.15. The lowest BCUT2D eigenvalue weighted by Crippen LogP contribution is -2.53. The Bertz CT molecular complexity index is 1080. The number of nitrogens with zero attached hydrogens (tertiary/aromatic N) is 6. The lowest BCUT2D eigenvalue weighted by atomic mass is 9.68. The number of carbonyl (C=O) groups excluding carboxylic acids is 1. The molecule has 3 aromatic heterocycles. The Kier molecular flexibility index (Phi) is 2.80. The molecule has 1 amide bonds. The van der Waals surface area contributed by atoms with Crippen LogP contribution in [0.3, 0.4) is 0 Å². The first-order chi connectivity index (χ1) is 13.2. The second kappa shape index (κ2) is 5.03. The molecule has 2 saturated heterocycles. The minimum atomic E-state index is 0.0113. The van der Waals surface area contributed by atoms with Gasteiger partial charge in [-0.3, -0.25) is 9.78 Å². The maximum absolute atomic E-state index is 13.1. The molecule has 3 unspecified atom stereocenters. The predicted octanol–water partition coefficient (Wildman–Crippen LogP) is 1.55. The Morgan fingerprint density at radius 2 is 2.22 bits per heavy atom. The number of piperidine rings is 1. The van der Waals surface area contributed by atoms with E-state index in [0.717, 1.165) is 48.5 Å². The van der Waals surface area contributed by atoms with Crippen LogP contribution in [0, 0.1) is 12.8 Å². The third kappa shape index (κ3) is 1.90. The molecule has 0 bridgehead atoms. The first-order valence-corrected chi connectivity index (χ1v) is 9.34. The van der Waals surface area contributed by atoms with Crippen molar-refractivity contribution in [1.82, 2.24) is 29.8 Å². The number of hydrogen-bond acceptors (Lipinski definition) is 6. The molecule has 3 fully saturated rings. The highest BCUT2D eigenvalue weighted by molar-refractivity contribution is 5.96. The van der Waals surface area contributed by atoms with Crippen molar-refractivity contribution in [3.63, 3.8) is 0 Å².